The summed E-state index contributed by atoms with van der Waals surface area (Å²) in [4.78, 5) is 24.1. The number of amides is 2. The molecule has 6 nitrogen and oxygen atoms in total. The number of hydrogen-bond acceptors (Lipinski definition) is 4. The van der Waals surface area contributed by atoms with Gasteiger partial charge in [-0.1, -0.05) is 30.3 Å². The zero-order chi connectivity index (χ0) is 16.8. The average Bonchev–Trinajstić information content (AvgIpc) is 2.56. The van der Waals surface area contributed by atoms with Crippen molar-refractivity contribution < 1.29 is 14.3 Å². The average molecular weight is 313 g/mol. The van der Waals surface area contributed by atoms with E-state index in [0.29, 0.717) is 22.5 Å². The van der Waals surface area contributed by atoms with Crippen LogP contribution in [0.4, 0.5) is 16.2 Å². The highest BCUT2D eigenvalue weighted by molar-refractivity contribution is 6.10. The fraction of sp³-hybridized carbons (Fsp3) is 0.176. The standard InChI is InChI=1S/C17H19N3O3/c1-11(23-2)19-17(22)20-15-9-8-13(10-14(15)18)16(21)12-6-4-3-5-7-12/h3-11H,18H2,1-2H3,(H2,19,20,22). The number of hydrogen-bond donors (Lipinski definition) is 3. The maximum Gasteiger partial charge on any atom is 0.321 e. The van der Waals surface area contributed by atoms with Crippen LogP contribution in [0.5, 0.6) is 0 Å². The van der Waals surface area contributed by atoms with Gasteiger partial charge in [-0.15, -0.1) is 0 Å². The molecule has 0 aliphatic rings. The molecule has 1 unspecified atom stereocenters. The second kappa shape index (κ2) is 7.42. The monoisotopic (exact) mass is 313 g/mol. The number of carbonyl (C=O) groups excluding carboxylic acids is 2. The second-order valence-corrected chi connectivity index (χ2v) is 4.97. The summed E-state index contributed by atoms with van der Waals surface area (Å²) in [5.41, 5.74) is 7.71. The van der Waals surface area contributed by atoms with E-state index in [1.54, 1.807) is 49.4 Å². The summed E-state index contributed by atoms with van der Waals surface area (Å²) in [7, 11) is 1.49. The predicted octanol–water partition coefficient (Wildman–Crippen LogP) is 2.61. The van der Waals surface area contributed by atoms with Crippen molar-refractivity contribution in [3.8, 4) is 0 Å². The maximum absolute atomic E-state index is 12.3. The molecule has 0 saturated carbocycles. The number of anilines is 2. The van der Waals surface area contributed by atoms with Gasteiger partial charge in [0.1, 0.15) is 6.23 Å². The van der Waals surface area contributed by atoms with Crippen molar-refractivity contribution in [2.75, 3.05) is 18.2 Å². The summed E-state index contributed by atoms with van der Waals surface area (Å²) in [5.74, 6) is -0.124. The molecule has 0 bridgehead atoms. The Hall–Kier alpha value is -2.86. The molecule has 2 aromatic carbocycles. The predicted molar refractivity (Wildman–Crippen MR) is 89.4 cm³/mol. The van der Waals surface area contributed by atoms with Gasteiger partial charge in [-0.05, 0) is 25.1 Å². The van der Waals surface area contributed by atoms with Crippen LogP contribution in [-0.2, 0) is 4.74 Å². The van der Waals surface area contributed by atoms with E-state index in [9.17, 15) is 9.59 Å². The third kappa shape index (κ3) is 4.31. The first-order valence-electron chi connectivity index (χ1n) is 7.11. The number of methoxy groups -OCH3 is 1. The number of rotatable bonds is 5. The molecule has 4 N–H and O–H groups in total. The van der Waals surface area contributed by atoms with Crippen molar-refractivity contribution in [2.24, 2.45) is 0 Å². The topological polar surface area (TPSA) is 93.5 Å². The minimum Gasteiger partial charge on any atom is -0.397 e. The number of carbonyl (C=O) groups is 2. The van der Waals surface area contributed by atoms with Crippen LogP contribution in [0.3, 0.4) is 0 Å². The van der Waals surface area contributed by atoms with Crippen molar-refractivity contribution in [1.29, 1.82) is 0 Å². The highest BCUT2D eigenvalue weighted by Crippen LogP contribution is 2.21. The van der Waals surface area contributed by atoms with E-state index in [1.807, 2.05) is 6.07 Å². The van der Waals surface area contributed by atoms with E-state index in [4.69, 9.17) is 10.5 Å². The van der Waals surface area contributed by atoms with Gasteiger partial charge in [0.15, 0.2) is 5.78 Å². The number of ether oxygens (including phenoxy) is 1. The molecular formula is C17H19N3O3. The highest BCUT2D eigenvalue weighted by Gasteiger charge is 2.12. The van der Waals surface area contributed by atoms with Gasteiger partial charge >= 0.3 is 6.03 Å². The lowest BCUT2D eigenvalue weighted by Crippen LogP contribution is -2.37. The van der Waals surface area contributed by atoms with Crippen LogP contribution in [-0.4, -0.2) is 25.2 Å². The van der Waals surface area contributed by atoms with Crippen LogP contribution in [0.1, 0.15) is 22.8 Å². The van der Waals surface area contributed by atoms with Crippen LogP contribution >= 0.6 is 0 Å². The lowest BCUT2D eigenvalue weighted by atomic mass is 10.0. The Kier molecular flexibility index (Phi) is 5.32. The van der Waals surface area contributed by atoms with Gasteiger partial charge in [-0.2, -0.15) is 0 Å². The van der Waals surface area contributed by atoms with Crippen LogP contribution in [0, 0.1) is 0 Å². The largest absolute Gasteiger partial charge is 0.397 e. The number of ketones is 1. The Balaban J connectivity index is 2.12. The summed E-state index contributed by atoms with van der Waals surface area (Å²) in [6, 6.07) is 13.3. The number of nitrogens with two attached hydrogens (primary N) is 1. The molecule has 0 radical (unpaired) electrons. The van der Waals surface area contributed by atoms with Crippen molar-refractivity contribution >= 4 is 23.2 Å². The molecule has 0 spiro atoms. The molecule has 2 rings (SSSR count). The molecule has 23 heavy (non-hydrogen) atoms. The van der Waals surface area contributed by atoms with Gasteiger partial charge in [-0.3, -0.25) is 4.79 Å². The van der Waals surface area contributed by atoms with E-state index in [2.05, 4.69) is 10.6 Å². The van der Waals surface area contributed by atoms with Gasteiger partial charge in [0.2, 0.25) is 0 Å². The molecule has 0 aliphatic carbocycles. The van der Waals surface area contributed by atoms with Crippen LogP contribution in [0.15, 0.2) is 48.5 Å². The summed E-state index contributed by atoms with van der Waals surface area (Å²) in [6.07, 6.45) is -0.421. The van der Waals surface area contributed by atoms with E-state index < -0.39 is 12.3 Å². The Labute approximate surface area is 134 Å². The Bertz CT molecular complexity index is 701. The zero-order valence-corrected chi connectivity index (χ0v) is 13.0. The lowest BCUT2D eigenvalue weighted by Gasteiger charge is -2.14. The molecule has 1 atom stereocenters. The quantitative estimate of drug-likeness (QED) is 0.449. The molecule has 0 saturated heterocycles. The zero-order valence-electron chi connectivity index (χ0n) is 13.0. The molecule has 0 aliphatic heterocycles. The van der Waals surface area contributed by atoms with E-state index in [0.717, 1.165) is 0 Å². The van der Waals surface area contributed by atoms with E-state index >= 15 is 0 Å². The number of benzene rings is 2. The number of nitrogens with one attached hydrogen (secondary N) is 2. The fourth-order valence-electron chi connectivity index (χ4n) is 1.98. The minimum atomic E-state index is -0.437. The Morgan fingerprint density at radius 1 is 1.09 bits per heavy atom. The summed E-state index contributed by atoms with van der Waals surface area (Å²) in [6.45, 7) is 1.70. The highest BCUT2D eigenvalue weighted by atomic mass is 16.5. The third-order valence-corrected chi connectivity index (χ3v) is 3.29. The van der Waals surface area contributed by atoms with Gasteiger partial charge in [-0.25, -0.2) is 4.79 Å². The lowest BCUT2D eigenvalue weighted by molar-refractivity contribution is 0.0983. The number of nitrogen functional groups attached to an aromatic ring is 1. The minimum absolute atomic E-state index is 0.124. The van der Waals surface area contributed by atoms with Gasteiger partial charge < -0.3 is 21.1 Å². The summed E-state index contributed by atoms with van der Waals surface area (Å²) in [5, 5.41) is 5.19. The van der Waals surface area contributed by atoms with Crippen LogP contribution in [0.25, 0.3) is 0 Å². The van der Waals surface area contributed by atoms with Crippen molar-refractivity contribution in [1.82, 2.24) is 5.32 Å². The maximum atomic E-state index is 12.3. The molecule has 0 heterocycles. The number of urea groups is 1. The molecule has 2 aromatic rings. The van der Waals surface area contributed by atoms with E-state index in [1.165, 1.54) is 7.11 Å². The summed E-state index contributed by atoms with van der Waals surface area (Å²) >= 11 is 0. The van der Waals surface area contributed by atoms with Gasteiger partial charge in [0, 0.05) is 18.2 Å². The van der Waals surface area contributed by atoms with E-state index in [-0.39, 0.29) is 5.78 Å². The normalized spacial score (nSPS) is 11.6. The molecule has 0 aromatic heterocycles. The summed E-state index contributed by atoms with van der Waals surface area (Å²) < 4.78 is 4.94. The van der Waals surface area contributed by atoms with Gasteiger partial charge in [0.05, 0.1) is 11.4 Å². The second-order valence-electron chi connectivity index (χ2n) is 4.97. The first-order valence-corrected chi connectivity index (χ1v) is 7.11. The molecule has 2 amide bonds. The Morgan fingerprint density at radius 2 is 1.78 bits per heavy atom. The van der Waals surface area contributed by atoms with Crippen molar-refractivity contribution in [2.45, 2.75) is 13.2 Å². The third-order valence-electron chi connectivity index (χ3n) is 3.29. The molecule has 120 valence electrons. The first kappa shape index (κ1) is 16.5. The van der Waals surface area contributed by atoms with Crippen LogP contribution in [0.2, 0.25) is 0 Å². The van der Waals surface area contributed by atoms with Crippen molar-refractivity contribution in [3.05, 3.63) is 59.7 Å². The Morgan fingerprint density at radius 3 is 2.39 bits per heavy atom. The van der Waals surface area contributed by atoms with Crippen LogP contribution < -0.4 is 16.4 Å². The van der Waals surface area contributed by atoms with Crippen molar-refractivity contribution in [3.63, 3.8) is 0 Å². The molecule has 6 heteroatoms. The first-order chi connectivity index (χ1) is 11.0. The smallest absolute Gasteiger partial charge is 0.321 e. The molecule has 0 fully saturated rings. The SMILES string of the molecule is COC(C)NC(=O)Nc1ccc(C(=O)c2ccccc2)cc1N. The molecular weight excluding hydrogens is 294 g/mol. The van der Waals surface area contributed by atoms with Gasteiger partial charge in [0.25, 0.3) is 0 Å². The fourth-order valence-corrected chi connectivity index (χ4v) is 1.98.